The van der Waals surface area contributed by atoms with Crippen LogP contribution in [0, 0.1) is 6.92 Å². The van der Waals surface area contributed by atoms with Crippen LogP contribution in [0.5, 0.6) is 0 Å². The summed E-state index contributed by atoms with van der Waals surface area (Å²) in [7, 11) is 0. The SMILES string of the molecule is Cc1ccc(C(=O)n2nc3ccccc3n2)cc1. The van der Waals surface area contributed by atoms with E-state index in [9.17, 15) is 4.79 Å². The van der Waals surface area contributed by atoms with Gasteiger partial charge in [-0.2, -0.15) is 0 Å². The van der Waals surface area contributed by atoms with Crippen LogP contribution >= 0.6 is 0 Å². The van der Waals surface area contributed by atoms with E-state index in [1.54, 1.807) is 12.1 Å². The van der Waals surface area contributed by atoms with Gasteiger partial charge in [0.05, 0.1) is 0 Å². The van der Waals surface area contributed by atoms with Gasteiger partial charge in [-0.05, 0) is 31.2 Å². The molecule has 0 aliphatic heterocycles. The molecule has 0 atom stereocenters. The molecule has 0 spiro atoms. The number of benzene rings is 2. The van der Waals surface area contributed by atoms with E-state index in [0.717, 1.165) is 21.4 Å². The van der Waals surface area contributed by atoms with Crippen molar-refractivity contribution in [1.82, 2.24) is 15.0 Å². The van der Waals surface area contributed by atoms with Crippen LogP contribution in [0.3, 0.4) is 0 Å². The maximum atomic E-state index is 12.2. The molecule has 0 aliphatic rings. The van der Waals surface area contributed by atoms with Gasteiger partial charge < -0.3 is 0 Å². The van der Waals surface area contributed by atoms with Crippen LogP contribution in [0.15, 0.2) is 48.5 Å². The third-order valence-corrected chi connectivity index (χ3v) is 2.77. The lowest BCUT2D eigenvalue weighted by Crippen LogP contribution is -2.15. The molecule has 4 nitrogen and oxygen atoms in total. The summed E-state index contributed by atoms with van der Waals surface area (Å²) >= 11 is 0. The number of rotatable bonds is 1. The summed E-state index contributed by atoms with van der Waals surface area (Å²) in [5.41, 5.74) is 3.14. The molecule has 3 rings (SSSR count). The first-order chi connectivity index (χ1) is 8.74. The van der Waals surface area contributed by atoms with E-state index in [2.05, 4.69) is 10.2 Å². The Morgan fingerprint density at radius 3 is 2.06 bits per heavy atom. The van der Waals surface area contributed by atoms with Crippen LogP contribution in [-0.4, -0.2) is 20.9 Å². The highest BCUT2D eigenvalue weighted by atomic mass is 16.2. The summed E-state index contributed by atoms with van der Waals surface area (Å²) in [4.78, 5) is 13.3. The fraction of sp³-hybridized carbons (Fsp3) is 0.0714. The Balaban J connectivity index is 2.03. The number of aryl methyl sites for hydroxylation is 1. The van der Waals surface area contributed by atoms with Crippen molar-refractivity contribution < 1.29 is 4.79 Å². The number of hydrogen-bond donors (Lipinski definition) is 0. The van der Waals surface area contributed by atoms with Gasteiger partial charge >= 0.3 is 0 Å². The Bertz CT molecular complexity index is 680. The largest absolute Gasteiger partial charge is 0.295 e. The number of hydrogen-bond acceptors (Lipinski definition) is 3. The van der Waals surface area contributed by atoms with Crippen molar-refractivity contribution in [2.24, 2.45) is 0 Å². The molecule has 0 radical (unpaired) electrons. The maximum Gasteiger partial charge on any atom is 0.295 e. The van der Waals surface area contributed by atoms with E-state index in [1.807, 2.05) is 43.3 Å². The van der Waals surface area contributed by atoms with Gasteiger partial charge in [-0.1, -0.05) is 29.8 Å². The zero-order chi connectivity index (χ0) is 12.5. The molecule has 0 fully saturated rings. The van der Waals surface area contributed by atoms with Crippen molar-refractivity contribution in [3.8, 4) is 0 Å². The lowest BCUT2D eigenvalue weighted by molar-refractivity contribution is 0.0928. The monoisotopic (exact) mass is 237 g/mol. The fourth-order valence-electron chi connectivity index (χ4n) is 1.76. The molecule has 0 saturated carbocycles. The minimum absolute atomic E-state index is 0.216. The predicted octanol–water partition coefficient (Wildman–Crippen LogP) is 2.43. The first-order valence-corrected chi connectivity index (χ1v) is 5.67. The number of carbonyl (C=O) groups is 1. The zero-order valence-electron chi connectivity index (χ0n) is 9.87. The lowest BCUT2D eigenvalue weighted by atomic mass is 10.1. The van der Waals surface area contributed by atoms with Crippen molar-refractivity contribution in [1.29, 1.82) is 0 Å². The highest BCUT2D eigenvalue weighted by Gasteiger charge is 2.11. The van der Waals surface area contributed by atoms with Crippen molar-refractivity contribution >= 4 is 16.9 Å². The molecule has 1 heterocycles. The summed E-state index contributed by atoms with van der Waals surface area (Å²) in [6.45, 7) is 1.98. The molecule has 3 aromatic rings. The number of nitrogens with zero attached hydrogens (tertiary/aromatic N) is 3. The highest BCUT2D eigenvalue weighted by molar-refractivity contribution is 5.95. The van der Waals surface area contributed by atoms with E-state index in [-0.39, 0.29) is 5.91 Å². The third kappa shape index (κ3) is 1.78. The van der Waals surface area contributed by atoms with Crippen LogP contribution in [0.2, 0.25) is 0 Å². The summed E-state index contributed by atoms with van der Waals surface area (Å²) in [6.07, 6.45) is 0. The summed E-state index contributed by atoms with van der Waals surface area (Å²) in [5, 5.41) is 8.33. The summed E-state index contributed by atoms with van der Waals surface area (Å²) < 4.78 is 0. The molecule has 0 aliphatic carbocycles. The molecule has 2 aromatic carbocycles. The lowest BCUT2D eigenvalue weighted by Gasteiger charge is -1.99. The Labute approximate surface area is 104 Å². The smallest absolute Gasteiger partial charge is 0.265 e. The van der Waals surface area contributed by atoms with E-state index >= 15 is 0 Å². The van der Waals surface area contributed by atoms with Gasteiger partial charge in [0, 0.05) is 5.56 Å². The van der Waals surface area contributed by atoms with Crippen LogP contribution in [-0.2, 0) is 0 Å². The van der Waals surface area contributed by atoms with E-state index in [4.69, 9.17) is 0 Å². The fourth-order valence-corrected chi connectivity index (χ4v) is 1.76. The summed E-state index contributed by atoms with van der Waals surface area (Å²) in [5.74, 6) is -0.216. The molecule has 0 bridgehead atoms. The molecule has 88 valence electrons. The molecule has 0 unspecified atom stereocenters. The number of fused-ring (bicyclic) bond motifs is 1. The Morgan fingerprint density at radius 1 is 0.944 bits per heavy atom. The van der Waals surface area contributed by atoms with Crippen molar-refractivity contribution in [3.63, 3.8) is 0 Å². The molecule has 0 saturated heterocycles. The molecule has 4 heteroatoms. The van der Waals surface area contributed by atoms with E-state index in [0.29, 0.717) is 5.56 Å². The second-order valence-electron chi connectivity index (χ2n) is 4.15. The van der Waals surface area contributed by atoms with E-state index in [1.165, 1.54) is 0 Å². The van der Waals surface area contributed by atoms with Gasteiger partial charge in [0.25, 0.3) is 5.91 Å². The topological polar surface area (TPSA) is 47.8 Å². The normalized spacial score (nSPS) is 10.7. The second-order valence-corrected chi connectivity index (χ2v) is 4.15. The predicted molar refractivity (Wildman–Crippen MR) is 68.4 cm³/mol. The number of carbonyl (C=O) groups excluding carboxylic acids is 1. The molecule has 1 aromatic heterocycles. The van der Waals surface area contributed by atoms with Crippen LogP contribution in [0.1, 0.15) is 15.9 Å². The van der Waals surface area contributed by atoms with Crippen LogP contribution in [0.4, 0.5) is 0 Å². The number of aromatic nitrogens is 3. The van der Waals surface area contributed by atoms with Crippen molar-refractivity contribution in [2.45, 2.75) is 6.92 Å². The second kappa shape index (κ2) is 4.07. The highest BCUT2D eigenvalue weighted by Crippen LogP contribution is 2.09. The van der Waals surface area contributed by atoms with Gasteiger partial charge in [0.2, 0.25) is 0 Å². The van der Waals surface area contributed by atoms with Gasteiger partial charge in [-0.3, -0.25) is 4.79 Å². The Hall–Kier alpha value is -2.49. The van der Waals surface area contributed by atoms with E-state index < -0.39 is 0 Å². The van der Waals surface area contributed by atoms with Gasteiger partial charge in [0.1, 0.15) is 11.0 Å². The Morgan fingerprint density at radius 2 is 1.50 bits per heavy atom. The van der Waals surface area contributed by atoms with Gasteiger partial charge in [-0.15, -0.1) is 15.0 Å². The average molecular weight is 237 g/mol. The quantitative estimate of drug-likeness (QED) is 0.653. The minimum Gasteiger partial charge on any atom is -0.265 e. The molecule has 0 amide bonds. The average Bonchev–Trinajstić information content (AvgIpc) is 2.82. The van der Waals surface area contributed by atoms with Crippen molar-refractivity contribution in [2.75, 3.05) is 0 Å². The van der Waals surface area contributed by atoms with Gasteiger partial charge in [-0.25, -0.2) is 0 Å². The van der Waals surface area contributed by atoms with Crippen LogP contribution in [0.25, 0.3) is 11.0 Å². The standard InChI is InChI=1S/C14H11N3O/c1-10-6-8-11(9-7-10)14(18)17-15-12-4-2-3-5-13(12)16-17/h2-9H,1H3. The molecular formula is C14H11N3O. The zero-order valence-corrected chi connectivity index (χ0v) is 9.87. The first-order valence-electron chi connectivity index (χ1n) is 5.67. The minimum atomic E-state index is -0.216. The first kappa shape index (κ1) is 10.7. The Kier molecular flexibility index (Phi) is 2.41. The van der Waals surface area contributed by atoms with Crippen molar-refractivity contribution in [3.05, 3.63) is 59.7 Å². The van der Waals surface area contributed by atoms with Crippen LogP contribution < -0.4 is 0 Å². The van der Waals surface area contributed by atoms with Gasteiger partial charge in [0.15, 0.2) is 0 Å². The third-order valence-electron chi connectivity index (χ3n) is 2.77. The molecular weight excluding hydrogens is 226 g/mol. The maximum absolute atomic E-state index is 12.2. The molecule has 0 N–H and O–H groups in total. The molecule has 18 heavy (non-hydrogen) atoms. The summed E-state index contributed by atoms with van der Waals surface area (Å²) in [6, 6.07) is 14.8.